The number of piperidine rings is 1. The molecule has 3 heterocycles. The fourth-order valence-electron chi connectivity index (χ4n) is 5.19. The maximum absolute atomic E-state index is 12.0. The molecule has 1 saturated carbocycles. The summed E-state index contributed by atoms with van der Waals surface area (Å²) >= 11 is 0. The molecule has 2 aliphatic heterocycles. The first kappa shape index (κ1) is 20.6. The van der Waals surface area contributed by atoms with Gasteiger partial charge in [0, 0.05) is 37.7 Å². The van der Waals surface area contributed by atoms with E-state index in [0.717, 1.165) is 64.1 Å². The average molecular weight is 404 g/mol. The molecule has 0 spiro atoms. The molecule has 160 valence electrons. The van der Waals surface area contributed by atoms with Gasteiger partial charge in [0.1, 0.15) is 5.60 Å². The van der Waals surface area contributed by atoms with Crippen LogP contribution in [0.15, 0.2) is 17.8 Å². The molecule has 3 aliphatic rings. The van der Waals surface area contributed by atoms with Crippen LogP contribution in [0, 0.1) is 11.8 Å². The van der Waals surface area contributed by atoms with E-state index in [0.29, 0.717) is 25.1 Å². The number of fused-ring (bicyclic) bond motifs is 2. The Morgan fingerprint density at radius 1 is 1.21 bits per heavy atom. The van der Waals surface area contributed by atoms with Crippen LogP contribution in [0.4, 0.5) is 0 Å². The zero-order valence-electron chi connectivity index (χ0n) is 17.6. The Morgan fingerprint density at radius 3 is 2.62 bits per heavy atom. The molecule has 1 N–H and O–H groups in total. The van der Waals surface area contributed by atoms with Gasteiger partial charge in [-0.2, -0.15) is 4.98 Å². The molecule has 1 aromatic heterocycles. The molecule has 1 saturated heterocycles. The Bertz CT molecular complexity index is 725. The van der Waals surface area contributed by atoms with Gasteiger partial charge in [-0.25, -0.2) is 4.98 Å². The predicted molar refractivity (Wildman–Crippen MR) is 109 cm³/mol. The molecule has 1 aliphatic carbocycles. The fraction of sp³-hybridized carbons (Fsp3) is 0.727. The zero-order chi connectivity index (χ0) is 20.3. The molecule has 2 fully saturated rings. The summed E-state index contributed by atoms with van der Waals surface area (Å²) in [5.74, 6) is 0.740. The third-order valence-electron chi connectivity index (χ3n) is 6.43. The van der Waals surface area contributed by atoms with Crippen LogP contribution in [-0.4, -0.2) is 66.0 Å². The van der Waals surface area contributed by atoms with Gasteiger partial charge in [-0.3, -0.25) is 4.90 Å². The molecule has 7 heteroatoms. The highest BCUT2D eigenvalue weighted by atomic mass is 16.5. The molecule has 1 aromatic rings. The van der Waals surface area contributed by atoms with Crippen molar-refractivity contribution < 1.29 is 19.3 Å². The minimum Gasteiger partial charge on any atom is -0.478 e. The summed E-state index contributed by atoms with van der Waals surface area (Å²) in [6.45, 7) is 9.03. The lowest BCUT2D eigenvalue weighted by Gasteiger charge is -2.53. The number of likely N-dealkylation sites (tertiary alicyclic amines) is 1. The van der Waals surface area contributed by atoms with Crippen molar-refractivity contribution in [3.63, 3.8) is 0 Å². The van der Waals surface area contributed by atoms with Gasteiger partial charge in [0.2, 0.25) is 5.88 Å². The third kappa shape index (κ3) is 4.13. The number of aliphatic hydroxyl groups is 1. The van der Waals surface area contributed by atoms with Gasteiger partial charge in [-0.1, -0.05) is 12.5 Å². The Labute approximate surface area is 173 Å². The third-order valence-corrected chi connectivity index (χ3v) is 6.43. The summed E-state index contributed by atoms with van der Waals surface area (Å²) in [5, 5.41) is 12.0. The molecule has 7 nitrogen and oxygen atoms in total. The van der Waals surface area contributed by atoms with Crippen molar-refractivity contribution >= 4 is 0 Å². The Kier molecular flexibility index (Phi) is 6.37. The molecule has 0 radical (unpaired) electrons. The first-order valence-electron chi connectivity index (χ1n) is 11.0. The number of hydrogen-bond donors (Lipinski definition) is 1. The van der Waals surface area contributed by atoms with Gasteiger partial charge in [0.25, 0.3) is 0 Å². The van der Waals surface area contributed by atoms with Gasteiger partial charge in [-0.05, 0) is 38.7 Å². The summed E-state index contributed by atoms with van der Waals surface area (Å²) in [6, 6.07) is 0.301. The van der Waals surface area contributed by atoms with E-state index in [2.05, 4.69) is 20.9 Å². The van der Waals surface area contributed by atoms with Crippen LogP contribution >= 0.6 is 0 Å². The number of aromatic nitrogens is 2. The maximum atomic E-state index is 12.0. The number of nitrogens with zero attached hydrogens (tertiary/aromatic N) is 3. The molecule has 3 atom stereocenters. The first-order chi connectivity index (χ1) is 14.1. The molecule has 2 bridgehead atoms. The zero-order valence-corrected chi connectivity index (χ0v) is 17.6. The van der Waals surface area contributed by atoms with Crippen molar-refractivity contribution in [2.24, 2.45) is 11.8 Å². The van der Waals surface area contributed by atoms with Crippen LogP contribution in [-0.2, 0) is 10.3 Å². The second kappa shape index (κ2) is 8.98. The molecule has 0 aromatic carbocycles. The highest BCUT2D eigenvalue weighted by Crippen LogP contribution is 2.51. The minimum atomic E-state index is -0.957. The van der Waals surface area contributed by atoms with E-state index in [9.17, 15) is 5.11 Å². The lowest BCUT2D eigenvalue weighted by atomic mass is 9.63. The van der Waals surface area contributed by atoms with Crippen molar-refractivity contribution in [2.45, 2.75) is 45.1 Å². The van der Waals surface area contributed by atoms with E-state index in [4.69, 9.17) is 14.2 Å². The summed E-state index contributed by atoms with van der Waals surface area (Å²) < 4.78 is 16.9. The summed E-state index contributed by atoms with van der Waals surface area (Å²) in [4.78, 5) is 11.3. The van der Waals surface area contributed by atoms with Crippen LogP contribution in [0.2, 0.25) is 0 Å². The lowest BCUT2D eigenvalue weighted by Crippen LogP contribution is -2.58. The second-order valence-corrected chi connectivity index (χ2v) is 8.29. The first-order valence-corrected chi connectivity index (χ1v) is 11.0. The summed E-state index contributed by atoms with van der Waals surface area (Å²) in [7, 11) is 0. The second-order valence-electron chi connectivity index (χ2n) is 8.29. The molecule has 0 amide bonds. The Balaban J connectivity index is 1.59. The van der Waals surface area contributed by atoms with E-state index < -0.39 is 5.60 Å². The lowest BCUT2D eigenvalue weighted by molar-refractivity contribution is -0.147. The van der Waals surface area contributed by atoms with Crippen molar-refractivity contribution in [2.75, 3.05) is 46.1 Å². The van der Waals surface area contributed by atoms with Crippen LogP contribution in [0.3, 0.4) is 0 Å². The Morgan fingerprint density at radius 2 is 1.97 bits per heavy atom. The van der Waals surface area contributed by atoms with Crippen LogP contribution in [0.1, 0.15) is 45.1 Å². The largest absolute Gasteiger partial charge is 0.478 e. The number of rotatable bonds is 7. The number of ether oxygens (including phenoxy) is 3. The summed E-state index contributed by atoms with van der Waals surface area (Å²) in [6.07, 6.45) is 8.19. The van der Waals surface area contributed by atoms with E-state index >= 15 is 0 Å². The fourth-order valence-corrected chi connectivity index (χ4v) is 5.19. The smallest absolute Gasteiger partial charge is 0.319 e. The van der Waals surface area contributed by atoms with Crippen LogP contribution < -0.4 is 9.47 Å². The van der Waals surface area contributed by atoms with E-state index in [1.54, 1.807) is 6.20 Å². The van der Waals surface area contributed by atoms with E-state index in [1.807, 2.05) is 13.8 Å². The monoisotopic (exact) mass is 403 g/mol. The van der Waals surface area contributed by atoms with Crippen molar-refractivity contribution in [3.8, 4) is 11.9 Å². The molecular formula is C22H33N3O4. The molecule has 4 rings (SSSR count). The van der Waals surface area contributed by atoms with Crippen molar-refractivity contribution in [3.05, 3.63) is 23.4 Å². The molecular weight excluding hydrogens is 370 g/mol. The average Bonchev–Trinajstić information content (AvgIpc) is 2.70. The minimum absolute atomic E-state index is 0.140. The number of hydrogen-bond acceptors (Lipinski definition) is 7. The van der Waals surface area contributed by atoms with E-state index in [-0.39, 0.29) is 11.8 Å². The predicted octanol–water partition coefficient (Wildman–Crippen LogP) is 2.54. The van der Waals surface area contributed by atoms with Gasteiger partial charge < -0.3 is 19.3 Å². The highest BCUT2D eigenvalue weighted by molar-refractivity contribution is 5.34. The van der Waals surface area contributed by atoms with Crippen LogP contribution in [0.25, 0.3) is 0 Å². The standard InChI is InChI=1S/C22H33N3O4/c1-3-28-20-19(11-23-21(24-20)29-4-2)22(26)17-8-5-9-18(22)14-25(13-17)12-16-7-6-10-27-15-16/h7,11,17-18,26H,3-6,8-10,12-15H2,1-2H3/t17-,18+,22?. The van der Waals surface area contributed by atoms with Crippen molar-refractivity contribution in [1.82, 2.24) is 14.9 Å². The molecule has 1 unspecified atom stereocenters. The normalized spacial score (nSPS) is 30.0. The highest BCUT2D eigenvalue weighted by Gasteiger charge is 2.53. The maximum Gasteiger partial charge on any atom is 0.319 e. The van der Waals surface area contributed by atoms with Gasteiger partial charge in [0.05, 0.1) is 32.0 Å². The SMILES string of the molecule is CCOc1ncc(C2(O)[C@@H]3CCC[C@H]2CN(CC2=CCCOC2)C3)c(OCC)n1. The Hall–Kier alpha value is -1.70. The quantitative estimate of drug-likeness (QED) is 0.701. The van der Waals surface area contributed by atoms with Gasteiger partial charge >= 0.3 is 6.01 Å². The molecule has 29 heavy (non-hydrogen) atoms. The van der Waals surface area contributed by atoms with Gasteiger partial charge in [-0.15, -0.1) is 0 Å². The van der Waals surface area contributed by atoms with Crippen LogP contribution in [0.5, 0.6) is 11.9 Å². The summed E-state index contributed by atoms with van der Waals surface area (Å²) in [5.41, 5.74) is 1.12. The van der Waals surface area contributed by atoms with E-state index in [1.165, 1.54) is 5.57 Å². The van der Waals surface area contributed by atoms with Gasteiger partial charge in [0.15, 0.2) is 0 Å². The topological polar surface area (TPSA) is 76.9 Å². The van der Waals surface area contributed by atoms with Crippen molar-refractivity contribution in [1.29, 1.82) is 0 Å².